The highest BCUT2D eigenvalue weighted by Gasteiger charge is 2.15. The van der Waals surface area contributed by atoms with E-state index in [-0.39, 0.29) is 22.7 Å². The number of amides is 1. The highest BCUT2D eigenvalue weighted by molar-refractivity contribution is 6.23. The molecule has 0 spiro atoms. The Labute approximate surface area is 185 Å². The Balaban J connectivity index is 1.72. The predicted molar refractivity (Wildman–Crippen MR) is 124 cm³/mol. The molecule has 1 amide bonds. The Hall–Kier alpha value is -4.46. The van der Waals surface area contributed by atoms with Crippen LogP contribution in [0, 0.1) is 16.6 Å². The number of nitrogens with one attached hydrogen (secondary N) is 5. The summed E-state index contributed by atoms with van der Waals surface area (Å²) in [5.74, 6) is -0.906. The molecule has 0 saturated carbocycles. The lowest BCUT2D eigenvalue weighted by molar-refractivity contribution is -0.112. The van der Waals surface area contributed by atoms with Crippen molar-refractivity contribution in [2.45, 2.75) is 6.92 Å². The molecule has 7 nitrogen and oxygen atoms in total. The maximum absolute atomic E-state index is 14.6. The van der Waals surface area contributed by atoms with Gasteiger partial charge in [-0.3, -0.25) is 4.79 Å². The van der Waals surface area contributed by atoms with Crippen molar-refractivity contribution in [3.63, 3.8) is 0 Å². The highest BCUT2D eigenvalue weighted by Crippen LogP contribution is 2.25. The lowest BCUT2D eigenvalue weighted by Gasteiger charge is -2.16. The maximum atomic E-state index is 14.6. The number of para-hydroxylation sites is 1. The molecule has 0 fully saturated rings. The van der Waals surface area contributed by atoms with E-state index in [0.717, 1.165) is 18.0 Å². The number of benzene rings is 2. The highest BCUT2D eigenvalue weighted by atomic mass is 19.1. The monoisotopic (exact) mass is 431 g/mol. The van der Waals surface area contributed by atoms with Crippen LogP contribution in [0.1, 0.15) is 6.92 Å². The molecule has 8 heteroatoms. The molecule has 0 saturated heterocycles. The van der Waals surface area contributed by atoms with Gasteiger partial charge in [0.25, 0.3) is 5.91 Å². The third-order valence-corrected chi connectivity index (χ3v) is 4.31. The van der Waals surface area contributed by atoms with Gasteiger partial charge in [-0.15, -0.1) is 0 Å². The molecule has 1 aliphatic rings. The first kappa shape index (κ1) is 22.2. The van der Waals surface area contributed by atoms with Gasteiger partial charge in [-0.25, -0.2) is 4.39 Å². The van der Waals surface area contributed by atoms with Crippen molar-refractivity contribution in [2.24, 2.45) is 0 Å². The quantitative estimate of drug-likeness (QED) is 0.308. The van der Waals surface area contributed by atoms with Crippen LogP contribution in [-0.2, 0) is 4.79 Å². The largest absolute Gasteiger partial charge is 0.452 e. The number of dihydropyridines is 1. The fourth-order valence-electron chi connectivity index (χ4n) is 2.75. The Morgan fingerprint density at radius 2 is 1.94 bits per heavy atom. The Morgan fingerprint density at radius 3 is 2.62 bits per heavy atom. The smallest absolute Gasteiger partial charge is 0.258 e. The van der Waals surface area contributed by atoms with Gasteiger partial charge in [0.05, 0.1) is 11.3 Å². The fourth-order valence-corrected chi connectivity index (χ4v) is 2.75. The molecule has 0 unspecified atom stereocenters. The van der Waals surface area contributed by atoms with Crippen molar-refractivity contribution >= 4 is 29.2 Å². The van der Waals surface area contributed by atoms with Crippen LogP contribution in [0.15, 0.2) is 96.2 Å². The first-order chi connectivity index (χ1) is 15.5. The Morgan fingerprint density at radius 1 is 1.16 bits per heavy atom. The molecular formula is C24H22FN5O2. The summed E-state index contributed by atoms with van der Waals surface area (Å²) in [6, 6.07) is 13.3. The van der Waals surface area contributed by atoms with Gasteiger partial charge in [0.2, 0.25) is 0 Å². The molecule has 32 heavy (non-hydrogen) atoms. The number of carbonyl (C=O) groups excluding carboxylic acids is 1. The molecule has 1 aliphatic heterocycles. The molecule has 0 aromatic heterocycles. The van der Waals surface area contributed by atoms with Gasteiger partial charge in [-0.1, -0.05) is 18.2 Å². The van der Waals surface area contributed by atoms with Crippen molar-refractivity contribution < 1.29 is 13.9 Å². The van der Waals surface area contributed by atoms with Crippen LogP contribution in [-0.4, -0.2) is 17.8 Å². The van der Waals surface area contributed by atoms with E-state index in [9.17, 15) is 9.18 Å². The summed E-state index contributed by atoms with van der Waals surface area (Å²) in [6.45, 7) is 1.50. The number of rotatable bonds is 8. The summed E-state index contributed by atoms with van der Waals surface area (Å²) in [4.78, 5) is 12.6. The van der Waals surface area contributed by atoms with Crippen LogP contribution >= 0.6 is 0 Å². The van der Waals surface area contributed by atoms with E-state index in [1.807, 2.05) is 30.3 Å². The zero-order chi connectivity index (χ0) is 22.9. The van der Waals surface area contributed by atoms with E-state index in [0.29, 0.717) is 11.5 Å². The standard InChI is InChI=1S/C24H22FN5O2/c1-16(27)19(15-29-17-6-3-2-4-7-17)24(31)30-18-9-10-22(20(25)14-18)32-23-8-5-13-28-21(23)11-12-26/h2-15,26-29H,1H3,(H,30,31)/b19-15+,21-11-,26-12?,27-16?. The summed E-state index contributed by atoms with van der Waals surface area (Å²) in [5, 5.41) is 23.6. The summed E-state index contributed by atoms with van der Waals surface area (Å²) in [6.07, 6.45) is 9.02. The Bertz CT molecular complexity index is 1150. The second-order valence-corrected chi connectivity index (χ2v) is 6.68. The molecule has 1 heterocycles. The van der Waals surface area contributed by atoms with Crippen molar-refractivity contribution in [1.82, 2.24) is 5.32 Å². The van der Waals surface area contributed by atoms with Gasteiger partial charge in [0.1, 0.15) is 0 Å². The number of halogens is 1. The van der Waals surface area contributed by atoms with Gasteiger partial charge < -0.3 is 31.5 Å². The molecule has 2 aromatic carbocycles. The van der Waals surface area contributed by atoms with Crippen molar-refractivity contribution in [3.8, 4) is 5.75 Å². The predicted octanol–water partition coefficient (Wildman–Crippen LogP) is 4.71. The number of carbonyl (C=O) groups is 1. The third kappa shape index (κ3) is 5.79. The second kappa shape index (κ2) is 10.5. The second-order valence-electron chi connectivity index (χ2n) is 6.68. The van der Waals surface area contributed by atoms with E-state index >= 15 is 0 Å². The van der Waals surface area contributed by atoms with E-state index < -0.39 is 11.7 Å². The minimum atomic E-state index is -0.674. The third-order valence-electron chi connectivity index (χ3n) is 4.31. The fraction of sp³-hybridized carbons (Fsp3) is 0.0417. The summed E-state index contributed by atoms with van der Waals surface area (Å²) < 4.78 is 20.2. The lowest BCUT2D eigenvalue weighted by atomic mass is 10.1. The molecule has 5 N–H and O–H groups in total. The maximum Gasteiger partial charge on any atom is 0.258 e. The van der Waals surface area contributed by atoms with Gasteiger partial charge in [-0.05, 0) is 49.4 Å². The summed E-state index contributed by atoms with van der Waals surface area (Å²) in [5.41, 5.74) is 1.67. The molecule has 0 atom stereocenters. The normalized spacial score (nSPS) is 14.2. The topological polar surface area (TPSA) is 110 Å². The SMILES string of the molecule is CC(=N)/C(=C\Nc1ccccc1)C(=O)Nc1ccc(OC2=CC=CN/C2=C\C=N)c(F)c1. The number of hydrogen-bond acceptors (Lipinski definition) is 6. The molecule has 162 valence electrons. The van der Waals surface area contributed by atoms with E-state index in [1.54, 1.807) is 18.4 Å². The molecule has 0 aliphatic carbocycles. The average molecular weight is 431 g/mol. The van der Waals surface area contributed by atoms with Crippen LogP contribution in [0.3, 0.4) is 0 Å². The molecule has 0 radical (unpaired) electrons. The number of allylic oxidation sites excluding steroid dienone is 3. The molecule has 3 rings (SSSR count). The zero-order valence-corrected chi connectivity index (χ0v) is 17.3. The minimum Gasteiger partial charge on any atom is -0.452 e. The van der Waals surface area contributed by atoms with E-state index in [2.05, 4.69) is 16.0 Å². The van der Waals surface area contributed by atoms with Gasteiger partial charge >= 0.3 is 0 Å². The van der Waals surface area contributed by atoms with Crippen LogP contribution in [0.25, 0.3) is 0 Å². The molecular weight excluding hydrogens is 409 g/mol. The van der Waals surface area contributed by atoms with Crippen LogP contribution in [0.2, 0.25) is 0 Å². The summed E-state index contributed by atoms with van der Waals surface area (Å²) >= 11 is 0. The van der Waals surface area contributed by atoms with Gasteiger partial charge in [0, 0.05) is 41.8 Å². The summed E-state index contributed by atoms with van der Waals surface area (Å²) in [7, 11) is 0. The average Bonchev–Trinajstić information content (AvgIpc) is 2.77. The van der Waals surface area contributed by atoms with Crippen molar-refractivity contribution in [2.75, 3.05) is 10.6 Å². The van der Waals surface area contributed by atoms with Gasteiger partial charge in [-0.2, -0.15) is 0 Å². The number of anilines is 2. The first-order valence-corrected chi connectivity index (χ1v) is 9.68. The van der Waals surface area contributed by atoms with Crippen LogP contribution in [0.4, 0.5) is 15.8 Å². The van der Waals surface area contributed by atoms with E-state index in [1.165, 1.54) is 31.3 Å². The van der Waals surface area contributed by atoms with Crippen molar-refractivity contribution in [3.05, 3.63) is 102 Å². The molecule has 2 aromatic rings. The Kier molecular flexibility index (Phi) is 7.32. The number of hydrogen-bond donors (Lipinski definition) is 5. The zero-order valence-electron chi connectivity index (χ0n) is 17.3. The first-order valence-electron chi connectivity index (χ1n) is 9.68. The minimum absolute atomic E-state index is 0.0352. The van der Waals surface area contributed by atoms with Crippen molar-refractivity contribution in [1.29, 1.82) is 10.8 Å². The van der Waals surface area contributed by atoms with E-state index in [4.69, 9.17) is 15.6 Å². The van der Waals surface area contributed by atoms with Crippen LogP contribution < -0.4 is 20.7 Å². The lowest BCUT2D eigenvalue weighted by Crippen LogP contribution is -2.20. The van der Waals surface area contributed by atoms with Gasteiger partial charge in [0.15, 0.2) is 17.3 Å². The molecule has 0 bridgehead atoms. The van der Waals surface area contributed by atoms with Crippen LogP contribution in [0.5, 0.6) is 5.75 Å². The number of ether oxygens (including phenoxy) is 1.